The molecule has 0 aliphatic rings. The number of nitrogens with one attached hydrogen (secondary N) is 1. The van der Waals surface area contributed by atoms with E-state index in [1.807, 2.05) is 32.9 Å². The molecule has 31 heavy (non-hydrogen) atoms. The molecule has 0 aromatic heterocycles. The lowest BCUT2D eigenvalue weighted by Crippen LogP contribution is -2.52. The van der Waals surface area contributed by atoms with Crippen LogP contribution in [0.25, 0.3) is 0 Å². The molecule has 2 aromatic carbocycles. The Bertz CT molecular complexity index is 908. The Morgan fingerprint density at radius 3 is 2.26 bits per heavy atom. The Morgan fingerprint density at radius 1 is 1.06 bits per heavy atom. The van der Waals surface area contributed by atoms with Crippen LogP contribution < -0.4 is 5.32 Å². The summed E-state index contributed by atoms with van der Waals surface area (Å²) in [7, 11) is 0. The molecule has 2 rings (SSSR count). The van der Waals surface area contributed by atoms with E-state index in [-0.39, 0.29) is 24.1 Å². The summed E-state index contributed by atoms with van der Waals surface area (Å²) in [5.41, 5.74) is 2.62. The molecule has 0 radical (unpaired) electrons. The van der Waals surface area contributed by atoms with Gasteiger partial charge in [0.25, 0.3) is 0 Å². The SMILES string of the molecule is Cc1ccccc1CSCC(=O)N(Cc1c(Cl)cccc1Cl)C(C)C(=O)NC(C)(C)C. The Kier molecular flexibility index (Phi) is 9.28. The van der Waals surface area contributed by atoms with Crippen molar-refractivity contribution in [1.29, 1.82) is 0 Å². The van der Waals surface area contributed by atoms with Crippen molar-refractivity contribution in [2.24, 2.45) is 0 Å². The molecular weight excluding hydrogens is 451 g/mol. The zero-order valence-corrected chi connectivity index (χ0v) is 21.0. The predicted molar refractivity (Wildman–Crippen MR) is 132 cm³/mol. The van der Waals surface area contributed by atoms with Gasteiger partial charge in [-0.1, -0.05) is 53.5 Å². The van der Waals surface area contributed by atoms with Crippen molar-refractivity contribution in [2.75, 3.05) is 5.75 Å². The fourth-order valence-corrected chi connectivity index (χ4v) is 4.52. The summed E-state index contributed by atoms with van der Waals surface area (Å²) in [6.45, 7) is 9.69. The second-order valence-electron chi connectivity index (χ2n) is 8.56. The van der Waals surface area contributed by atoms with Gasteiger partial charge in [-0.2, -0.15) is 0 Å². The van der Waals surface area contributed by atoms with Gasteiger partial charge in [0.2, 0.25) is 11.8 Å². The van der Waals surface area contributed by atoms with Gasteiger partial charge in [-0.25, -0.2) is 0 Å². The van der Waals surface area contributed by atoms with E-state index < -0.39 is 11.6 Å². The zero-order valence-electron chi connectivity index (χ0n) is 18.7. The first kappa shape index (κ1) is 25.6. The van der Waals surface area contributed by atoms with Gasteiger partial charge >= 0.3 is 0 Å². The van der Waals surface area contributed by atoms with E-state index in [1.165, 1.54) is 22.9 Å². The third-order valence-corrected chi connectivity index (χ3v) is 6.47. The van der Waals surface area contributed by atoms with E-state index in [1.54, 1.807) is 30.0 Å². The number of amides is 2. The van der Waals surface area contributed by atoms with Gasteiger partial charge in [0.1, 0.15) is 6.04 Å². The van der Waals surface area contributed by atoms with E-state index in [0.29, 0.717) is 15.6 Å². The van der Waals surface area contributed by atoms with Crippen LogP contribution in [-0.4, -0.2) is 34.0 Å². The molecule has 2 amide bonds. The lowest BCUT2D eigenvalue weighted by molar-refractivity contribution is -0.139. The minimum absolute atomic E-state index is 0.133. The average molecular weight is 481 g/mol. The number of carbonyl (C=O) groups excluding carboxylic acids is 2. The Morgan fingerprint density at radius 2 is 1.68 bits per heavy atom. The summed E-state index contributed by atoms with van der Waals surface area (Å²) in [6, 6.07) is 12.7. The molecule has 0 aliphatic carbocycles. The smallest absolute Gasteiger partial charge is 0.242 e. The maximum absolute atomic E-state index is 13.2. The fourth-order valence-electron chi connectivity index (χ4n) is 3.01. The topological polar surface area (TPSA) is 49.4 Å². The fraction of sp³-hybridized carbons (Fsp3) is 0.417. The highest BCUT2D eigenvalue weighted by Gasteiger charge is 2.29. The summed E-state index contributed by atoms with van der Waals surface area (Å²) < 4.78 is 0. The van der Waals surface area contributed by atoms with Crippen LogP contribution in [0.5, 0.6) is 0 Å². The van der Waals surface area contributed by atoms with Gasteiger partial charge in [-0.15, -0.1) is 11.8 Å². The van der Waals surface area contributed by atoms with Crippen molar-refractivity contribution in [3.63, 3.8) is 0 Å². The zero-order chi connectivity index (χ0) is 23.2. The standard InChI is InChI=1S/C24H30Cl2N2O2S/c1-16-9-6-7-10-18(16)14-31-15-22(29)28(17(2)23(30)27-24(3,4)5)13-19-20(25)11-8-12-21(19)26/h6-12,17H,13-15H2,1-5H3,(H,27,30). The molecule has 1 N–H and O–H groups in total. The predicted octanol–water partition coefficient (Wildman–Crippen LogP) is 5.87. The van der Waals surface area contributed by atoms with Crippen molar-refractivity contribution in [2.45, 2.75) is 58.5 Å². The van der Waals surface area contributed by atoms with Gasteiger partial charge in [0.15, 0.2) is 0 Å². The molecule has 0 fully saturated rings. The Balaban J connectivity index is 2.18. The number of nitrogens with zero attached hydrogens (tertiary/aromatic N) is 1. The number of aryl methyl sites for hydroxylation is 1. The van der Waals surface area contributed by atoms with Crippen LogP contribution in [0.3, 0.4) is 0 Å². The molecule has 0 saturated heterocycles. The number of hydrogen-bond donors (Lipinski definition) is 1. The van der Waals surface area contributed by atoms with Gasteiger partial charge in [-0.05, 0) is 57.9 Å². The normalized spacial score (nSPS) is 12.4. The lowest BCUT2D eigenvalue weighted by Gasteiger charge is -2.32. The maximum atomic E-state index is 13.2. The Hall–Kier alpha value is -1.69. The average Bonchev–Trinajstić information content (AvgIpc) is 2.67. The molecule has 0 spiro atoms. The maximum Gasteiger partial charge on any atom is 0.242 e. The van der Waals surface area contributed by atoms with Crippen LogP contribution in [0.4, 0.5) is 0 Å². The Labute approximate surface area is 199 Å². The van der Waals surface area contributed by atoms with Crippen LogP contribution in [0.1, 0.15) is 44.4 Å². The molecule has 2 aromatic rings. The number of benzene rings is 2. The molecule has 0 saturated carbocycles. The minimum Gasteiger partial charge on any atom is -0.350 e. The second kappa shape index (κ2) is 11.3. The highest BCUT2D eigenvalue weighted by Crippen LogP contribution is 2.27. The first-order valence-corrected chi connectivity index (χ1v) is 12.1. The van der Waals surface area contributed by atoms with Crippen molar-refractivity contribution in [1.82, 2.24) is 10.2 Å². The first-order chi connectivity index (χ1) is 14.5. The second-order valence-corrected chi connectivity index (χ2v) is 10.4. The van der Waals surface area contributed by atoms with Gasteiger partial charge < -0.3 is 10.2 Å². The third-order valence-electron chi connectivity index (χ3n) is 4.80. The molecule has 0 bridgehead atoms. The number of halogens is 2. The minimum atomic E-state index is -0.668. The van der Waals surface area contributed by atoms with Crippen molar-refractivity contribution in [3.05, 3.63) is 69.2 Å². The van der Waals surface area contributed by atoms with E-state index in [2.05, 4.69) is 24.4 Å². The molecule has 168 valence electrons. The molecule has 1 atom stereocenters. The van der Waals surface area contributed by atoms with Crippen molar-refractivity contribution < 1.29 is 9.59 Å². The molecular formula is C24H30Cl2N2O2S. The summed E-state index contributed by atoms with van der Waals surface area (Å²) >= 11 is 14.2. The molecule has 1 unspecified atom stereocenters. The van der Waals surface area contributed by atoms with Gasteiger partial charge in [-0.3, -0.25) is 9.59 Å². The van der Waals surface area contributed by atoms with Gasteiger partial charge in [0.05, 0.1) is 5.75 Å². The molecule has 7 heteroatoms. The van der Waals surface area contributed by atoms with E-state index in [4.69, 9.17) is 23.2 Å². The van der Waals surface area contributed by atoms with Crippen molar-refractivity contribution in [3.8, 4) is 0 Å². The van der Waals surface area contributed by atoms with E-state index in [9.17, 15) is 9.59 Å². The number of carbonyl (C=O) groups is 2. The van der Waals surface area contributed by atoms with Crippen LogP contribution >= 0.6 is 35.0 Å². The van der Waals surface area contributed by atoms with Crippen LogP contribution in [0.2, 0.25) is 10.0 Å². The van der Waals surface area contributed by atoms with Crippen LogP contribution in [-0.2, 0) is 21.9 Å². The largest absolute Gasteiger partial charge is 0.350 e. The number of hydrogen-bond acceptors (Lipinski definition) is 3. The summed E-state index contributed by atoms with van der Waals surface area (Å²) in [6.07, 6.45) is 0. The third kappa shape index (κ3) is 7.74. The van der Waals surface area contributed by atoms with Crippen LogP contribution in [0.15, 0.2) is 42.5 Å². The van der Waals surface area contributed by atoms with Gasteiger partial charge in [0, 0.05) is 33.4 Å². The highest BCUT2D eigenvalue weighted by atomic mass is 35.5. The molecule has 0 heterocycles. The summed E-state index contributed by atoms with van der Waals surface area (Å²) in [5, 5.41) is 3.90. The van der Waals surface area contributed by atoms with E-state index >= 15 is 0 Å². The number of rotatable bonds is 8. The van der Waals surface area contributed by atoms with Crippen molar-refractivity contribution >= 4 is 46.8 Å². The first-order valence-electron chi connectivity index (χ1n) is 10.2. The van der Waals surface area contributed by atoms with E-state index in [0.717, 1.165) is 5.75 Å². The molecule has 4 nitrogen and oxygen atoms in total. The quantitative estimate of drug-likeness (QED) is 0.513. The monoisotopic (exact) mass is 480 g/mol. The highest BCUT2D eigenvalue weighted by molar-refractivity contribution is 7.99. The molecule has 0 aliphatic heterocycles. The van der Waals surface area contributed by atoms with Crippen LogP contribution in [0, 0.1) is 6.92 Å². The lowest BCUT2D eigenvalue weighted by atomic mass is 10.1. The summed E-state index contributed by atoms with van der Waals surface area (Å²) in [4.78, 5) is 27.6. The number of thioether (sulfide) groups is 1. The summed E-state index contributed by atoms with van der Waals surface area (Å²) in [5.74, 6) is 0.629.